The molecule has 37 heavy (non-hydrogen) atoms. The fourth-order valence-corrected chi connectivity index (χ4v) is 6.08. The van der Waals surface area contributed by atoms with Crippen LogP contribution in [-0.2, 0) is 9.59 Å². The third-order valence-corrected chi connectivity index (χ3v) is 8.47. The lowest BCUT2D eigenvalue weighted by Gasteiger charge is -2.28. The van der Waals surface area contributed by atoms with E-state index in [1.807, 2.05) is 24.3 Å². The Morgan fingerprint density at radius 1 is 0.568 bits per heavy atom. The number of fused-ring (bicyclic) bond motifs is 2. The SMILES string of the molecule is CC(C)c1cc(OC(=O)C2C3CCC(C3)C2C(=O)Oc2cc(C(C)C)cc(C(C)C)c2)cc(C(C)C)c1. The summed E-state index contributed by atoms with van der Waals surface area (Å²) in [6, 6.07) is 12.3. The van der Waals surface area contributed by atoms with E-state index in [1.54, 1.807) is 0 Å². The first-order chi connectivity index (χ1) is 17.4. The molecule has 0 saturated heterocycles. The van der Waals surface area contributed by atoms with Crippen LogP contribution in [0.5, 0.6) is 11.5 Å². The molecule has 2 aliphatic carbocycles. The maximum absolute atomic E-state index is 13.6. The maximum Gasteiger partial charge on any atom is 0.315 e. The monoisotopic (exact) mass is 504 g/mol. The zero-order chi connectivity index (χ0) is 27.0. The standard InChI is InChI=1S/C33H44O4/c1-18(2)24-12-25(19(3)4)15-28(14-24)36-32(34)30-22-9-10-23(11-22)31(30)33(35)37-29-16-26(20(5)6)13-27(17-29)21(7)8/h12-23,30-31H,9-11H2,1-8H3. The predicted octanol–water partition coefficient (Wildman–Crippen LogP) is 8.35. The second-order valence-electron chi connectivity index (χ2n) is 12.5. The molecule has 4 unspecified atom stereocenters. The zero-order valence-electron chi connectivity index (χ0n) is 23.8. The number of esters is 2. The Morgan fingerprint density at radius 2 is 0.865 bits per heavy atom. The minimum atomic E-state index is -0.450. The highest BCUT2D eigenvalue weighted by atomic mass is 16.5. The van der Waals surface area contributed by atoms with Gasteiger partial charge in [0.15, 0.2) is 0 Å². The molecule has 0 aromatic heterocycles. The minimum absolute atomic E-state index is 0.182. The van der Waals surface area contributed by atoms with Crippen molar-refractivity contribution in [3.8, 4) is 11.5 Å². The van der Waals surface area contributed by atoms with E-state index in [0.717, 1.165) is 41.5 Å². The molecule has 4 atom stereocenters. The molecular formula is C33H44O4. The normalized spacial score (nSPS) is 22.9. The van der Waals surface area contributed by atoms with Gasteiger partial charge in [0.25, 0.3) is 0 Å². The molecule has 0 radical (unpaired) electrons. The summed E-state index contributed by atoms with van der Waals surface area (Å²) in [5.41, 5.74) is 4.63. The molecule has 2 fully saturated rings. The fourth-order valence-electron chi connectivity index (χ4n) is 6.08. The lowest BCUT2D eigenvalue weighted by Crippen LogP contribution is -2.39. The van der Waals surface area contributed by atoms with Gasteiger partial charge in [0.05, 0.1) is 11.8 Å². The summed E-state index contributed by atoms with van der Waals surface area (Å²) in [6.07, 6.45) is 2.84. The quantitative estimate of drug-likeness (QED) is 0.268. The third-order valence-electron chi connectivity index (χ3n) is 8.47. The van der Waals surface area contributed by atoms with E-state index >= 15 is 0 Å². The van der Waals surface area contributed by atoms with E-state index in [9.17, 15) is 9.59 Å². The first-order valence-corrected chi connectivity index (χ1v) is 14.2. The molecule has 2 aliphatic rings. The van der Waals surface area contributed by atoms with E-state index in [-0.39, 0.29) is 23.8 Å². The number of hydrogen-bond acceptors (Lipinski definition) is 4. The maximum atomic E-state index is 13.6. The summed E-state index contributed by atoms with van der Waals surface area (Å²) in [5, 5.41) is 0. The average Bonchev–Trinajstić information content (AvgIpc) is 3.45. The molecule has 0 spiro atoms. The van der Waals surface area contributed by atoms with Gasteiger partial charge in [0.2, 0.25) is 0 Å². The van der Waals surface area contributed by atoms with E-state index in [0.29, 0.717) is 35.2 Å². The Labute approximate surface area is 223 Å². The Hall–Kier alpha value is -2.62. The third kappa shape index (κ3) is 5.94. The van der Waals surface area contributed by atoms with Gasteiger partial charge in [0.1, 0.15) is 11.5 Å². The predicted molar refractivity (Wildman–Crippen MR) is 148 cm³/mol. The van der Waals surface area contributed by atoms with Gasteiger partial charge in [0, 0.05) is 0 Å². The number of benzene rings is 2. The van der Waals surface area contributed by atoms with E-state index < -0.39 is 11.8 Å². The van der Waals surface area contributed by atoms with Crippen molar-refractivity contribution in [1.82, 2.24) is 0 Å². The summed E-state index contributed by atoms with van der Waals surface area (Å²) in [5.74, 6) is 1.38. The first-order valence-electron chi connectivity index (χ1n) is 14.2. The van der Waals surface area contributed by atoms with Crippen LogP contribution in [0.15, 0.2) is 36.4 Å². The van der Waals surface area contributed by atoms with Crippen LogP contribution in [0.2, 0.25) is 0 Å². The van der Waals surface area contributed by atoms with Gasteiger partial charge in [-0.25, -0.2) is 0 Å². The molecule has 0 aliphatic heterocycles. The van der Waals surface area contributed by atoms with Crippen molar-refractivity contribution >= 4 is 11.9 Å². The van der Waals surface area contributed by atoms with Crippen molar-refractivity contribution in [3.63, 3.8) is 0 Å². The fraction of sp³-hybridized carbons (Fsp3) is 0.576. The first kappa shape index (κ1) is 27.4. The second-order valence-corrected chi connectivity index (χ2v) is 12.5. The van der Waals surface area contributed by atoms with Crippen LogP contribution in [0.25, 0.3) is 0 Å². The summed E-state index contributed by atoms with van der Waals surface area (Å²) in [7, 11) is 0. The van der Waals surface area contributed by atoms with Crippen molar-refractivity contribution in [3.05, 3.63) is 58.7 Å². The van der Waals surface area contributed by atoms with E-state index in [2.05, 4.69) is 67.5 Å². The average molecular weight is 505 g/mol. The Morgan fingerprint density at radius 3 is 1.14 bits per heavy atom. The van der Waals surface area contributed by atoms with Crippen molar-refractivity contribution < 1.29 is 19.1 Å². The highest BCUT2D eigenvalue weighted by Gasteiger charge is 2.55. The largest absolute Gasteiger partial charge is 0.426 e. The molecule has 2 aromatic carbocycles. The molecule has 200 valence electrons. The summed E-state index contributed by atoms with van der Waals surface area (Å²) >= 11 is 0. The Balaban J connectivity index is 1.57. The van der Waals surface area contributed by atoms with Gasteiger partial charge in [-0.05, 0) is 101 Å². The molecule has 2 aromatic rings. The highest BCUT2D eigenvalue weighted by Crippen LogP contribution is 2.53. The Kier molecular flexibility index (Phi) is 8.16. The summed E-state index contributed by atoms with van der Waals surface area (Å²) < 4.78 is 12.0. The lowest BCUT2D eigenvalue weighted by molar-refractivity contribution is -0.153. The smallest absolute Gasteiger partial charge is 0.315 e. The minimum Gasteiger partial charge on any atom is -0.426 e. The zero-order valence-corrected chi connectivity index (χ0v) is 23.8. The van der Waals surface area contributed by atoms with E-state index in [1.165, 1.54) is 0 Å². The number of hydrogen-bond donors (Lipinski definition) is 0. The van der Waals surface area contributed by atoms with Gasteiger partial charge >= 0.3 is 11.9 Å². The molecule has 0 N–H and O–H groups in total. The van der Waals surface area contributed by atoms with Crippen LogP contribution in [0.3, 0.4) is 0 Å². The van der Waals surface area contributed by atoms with Crippen molar-refractivity contribution in [2.75, 3.05) is 0 Å². The van der Waals surface area contributed by atoms with Crippen LogP contribution >= 0.6 is 0 Å². The molecular weight excluding hydrogens is 460 g/mol. The topological polar surface area (TPSA) is 52.6 Å². The molecule has 0 heterocycles. The lowest BCUT2D eigenvalue weighted by atomic mass is 9.79. The van der Waals surface area contributed by atoms with Crippen LogP contribution in [0.1, 0.15) is 121 Å². The second kappa shape index (κ2) is 11.0. The summed E-state index contributed by atoms with van der Waals surface area (Å²) in [6.45, 7) is 17.2. The van der Waals surface area contributed by atoms with Crippen LogP contribution in [0.4, 0.5) is 0 Å². The summed E-state index contributed by atoms with van der Waals surface area (Å²) in [4.78, 5) is 27.2. The van der Waals surface area contributed by atoms with Crippen molar-refractivity contribution in [1.29, 1.82) is 0 Å². The number of carbonyl (C=O) groups is 2. The molecule has 4 nitrogen and oxygen atoms in total. The Bertz CT molecular complexity index is 1000. The van der Waals surface area contributed by atoms with Gasteiger partial charge in [-0.1, -0.05) is 67.5 Å². The van der Waals surface area contributed by atoms with Gasteiger partial charge in [-0.3, -0.25) is 9.59 Å². The van der Waals surface area contributed by atoms with Crippen LogP contribution in [-0.4, -0.2) is 11.9 Å². The number of rotatable bonds is 8. The molecule has 2 bridgehead atoms. The van der Waals surface area contributed by atoms with Gasteiger partial charge in [-0.15, -0.1) is 0 Å². The highest BCUT2D eigenvalue weighted by molar-refractivity contribution is 5.86. The van der Waals surface area contributed by atoms with Gasteiger partial charge < -0.3 is 9.47 Å². The number of ether oxygens (including phenoxy) is 2. The molecule has 2 saturated carbocycles. The van der Waals surface area contributed by atoms with Crippen molar-refractivity contribution in [2.45, 2.75) is 98.3 Å². The van der Waals surface area contributed by atoms with Crippen LogP contribution in [0, 0.1) is 23.7 Å². The molecule has 4 rings (SSSR count). The van der Waals surface area contributed by atoms with E-state index in [4.69, 9.17) is 9.47 Å². The van der Waals surface area contributed by atoms with Crippen LogP contribution < -0.4 is 9.47 Å². The van der Waals surface area contributed by atoms with Crippen molar-refractivity contribution in [2.24, 2.45) is 23.7 Å². The molecule has 4 heteroatoms. The van der Waals surface area contributed by atoms with Gasteiger partial charge in [-0.2, -0.15) is 0 Å². The number of carbonyl (C=O) groups excluding carboxylic acids is 2. The molecule has 0 amide bonds.